The second-order valence-electron chi connectivity index (χ2n) is 3.90. The van der Waals surface area contributed by atoms with Crippen LogP contribution in [0.1, 0.15) is 12.0 Å². The largest absolute Gasteiger partial charge is 0.481 e. The highest BCUT2D eigenvalue weighted by molar-refractivity contribution is 8.15. The van der Waals surface area contributed by atoms with Gasteiger partial charge in [-0.1, -0.05) is 35.5 Å². The van der Waals surface area contributed by atoms with Gasteiger partial charge in [0.1, 0.15) is 5.25 Å². The summed E-state index contributed by atoms with van der Waals surface area (Å²) < 4.78 is 0. The Balaban J connectivity index is 1.99. The predicted octanol–water partition coefficient (Wildman–Crippen LogP) is 1.74. The summed E-state index contributed by atoms with van der Waals surface area (Å²) in [5.41, 5.74) is 0.776. The Morgan fingerprint density at radius 3 is 3.05 bits per heavy atom. The molecule has 0 unspecified atom stereocenters. The fraction of sp³-hybridized carbons (Fsp3) is 0.167. The van der Waals surface area contributed by atoms with Crippen LogP contribution in [0.2, 0.25) is 5.02 Å². The van der Waals surface area contributed by atoms with Crippen molar-refractivity contribution in [3.05, 3.63) is 34.9 Å². The number of thioether (sulfide) groups is 1. The van der Waals surface area contributed by atoms with Crippen LogP contribution < -0.4 is 5.32 Å². The summed E-state index contributed by atoms with van der Waals surface area (Å²) >= 11 is 6.88. The Kier molecular flexibility index (Phi) is 4.75. The molecule has 1 atom stereocenters. The topological polar surface area (TPSA) is 91.1 Å². The molecular weight excluding hydrogens is 302 g/mol. The lowest BCUT2D eigenvalue weighted by Crippen LogP contribution is -2.26. The van der Waals surface area contributed by atoms with Crippen LogP contribution in [0.4, 0.5) is 0 Å². The quantitative estimate of drug-likeness (QED) is 0.654. The molecule has 0 spiro atoms. The lowest BCUT2D eigenvalue weighted by molar-refractivity contribution is -0.138. The SMILES string of the molecule is O=C(O)C[C@@H]1S/C(=N/N=C\c2cccc(Cl)c2)NC1=O. The fourth-order valence-corrected chi connectivity index (χ4v) is 2.59. The number of carboxylic acid groups (broad SMARTS) is 1. The van der Waals surface area contributed by atoms with Gasteiger partial charge >= 0.3 is 5.97 Å². The number of benzene rings is 1. The summed E-state index contributed by atoms with van der Waals surface area (Å²) in [6.45, 7) is 0. The van der Waals surface area contributed by atoms with Crippen molar-refractivity contribution < 1.29 is 14.7 Å². The number of rotatable bonds is 4. The molecule has 20 heavy (non-hydrogen) atoms. The molecule has 0 aromatic heterocycles. The third-order valence-electron chi connectivity index (χ3n) is 2.34. The minimum Gasteiger partial charge on any atom is -0.481 e. The van der Waals surface area contributed by atoms with E-state index in [1.54, 1.807) is 18.2 Å². The third-order valence-corrected chi connectivity index (χ3v) is 3.65. The molecule has 1 heterocycles. The molecule has 1 aliphatic rings. The van der Waals surface area contributed by atoms with Crippen LogP contribution in [0.5, 0.6) is 0 Å². The molecule has 1 aliphatic heterocycles. The number of amidine groups is 1. The Bertz CT molecular complexity index is 603. The number of hydrogen-bond acceptors (Lipinski definition) is 5. The maximum atomic E-state index is 11.5. The van der Waals surface area contributed by atoms with Crippen molar-refractivity contribution in [1.29, 1.82) is 0 Å². The van der Waals surface area contributed by atoms with Gasteiger partial charge in [-0.15, -0.1) is 5.10 Å². The van der Waals surface area contributed by atoms with E-state index in [9.17, 15) is 9.59 Å². The zero-order valence-corrected chi connectivity index (χ0v) is 11.7. The van der Waals surface area contributed by atoms with Crippen molar-refractivity contribution in [3.8, 4) is 0 Å². The highest BCUT2D eigenvalue weighted by Gasteiger charge is 2.32. The number of nitrogens with one attached hydrogen (secondary N) is 1. The first-order valence-corrected chi connectivity index (χ1v) is 6.86. The van der Waals surface area contributed by atoms with Gasteiger partial charge in [0.2, 0.25) is 5.91 Å². The molecule has 2 N–H and O–H groups in total. The molecule has 1 amide bonds. The number of carbonyl (C=O) groups excluding carboxylic acids is 1. The average Bonchev–Trinajstić information content (AvgIpc) is 2.69. The second-order valence-corrected chi connectivity index (χ2v) is 5.53. The van der Waals surface area contributed by atoms with E-state index in [4.69, 9.17) is 16.7 Å². The van der Waals surface area contributed by atoms with Gasteiger partial charge < -0.3 is 10.4 Å². The van der Waals surface area contributed by atoms with Crippen LogP contribution in [0.15, 0.2) is 34.5 Å². The van der Waals surface area contributed by atoms with Crippen LogP contribution in [-0.2, 0) is 9.59 Å². The van der Waals surface area contributed by atoms with Crippen molar-refractivity contribution in [1.82, 2.24) is 5.32 Å². The summed E-state index contributed by atoms with van der Waals surface area (Å²) in [5, 5.41) is 19.0. The van der Waals surface area contributed by atoms with Gasteiger partial charge in [-0.2, -0.15) is 5.10 Å². The normalized spacial score (nSPS) is 20.6. The first-order chi connectivity index (χ1) is 9.54. The van der Waals surface area contributed by atoms with Gasteiger partial charge in [0.15, 0.2) is 5.17 Å². The first kappa shape index (κ1) is 14.5. The highest BCUT2D eigenvalue weighted by Crippen LogP contribution is 2.22. The van der Waals surface area contributed by atoms with Crippen molar-refractivity contribution in [2.24, 2.45) is 10.2 Å². The van der Waals surface area contributed by atoms with Crippen LogP contribution in [0.25, 0.3) is 0 Å². The molecule has 1 aromatic rings. The van der Waals surface area contributed by atoms with Crippen molar-refractivity contribution in [3.63, 3.8) is 0 Å². The molecule has 1 fully saturated rings. The fourth-order valence-electron chi connectivity index (χ4n) is 1.48. The van der Waals surface area contributed by atoms with Gasteiger partial charge in [-0.25, -0.2) is 0 Å². The Morgan fingerprint density at radius 1 is 1.55 bits per heavy atom. The summed E-state index contributed by atoms with van der Waals surface area (Å²) in [6.07, 6.45) is 1.25. The summed E-state index contributed by atoms with van der Waals surface area (Å²) in [6, 6.07) is 7.06. The van der Waals surface area contributed by atoms with Crippen LogP contribution >= 0.6 is 23.4 Å². The van der Waals surface area contributed by atoms with E-state index >= 15 is 0 Å². The number of amides is 1. The number of carboxylic acids is 1. The lowest BCUT2D eigenvalue weighted by Gasteiger charge is -1.97. The Hall–Kier alpha value is -1.86. The minimum absolute atomic E-state index is 0.243. The van der Waals surface area contributed by atoms with Crippen molar-refractivity contribution >= 4 is 46.6 Å². The number of carbonyl (C=O) groups is 2. The van der Waals surface area contributed by atoms with Crippen LogP contribution in [-0.4, -0.2) is 33.6 Å². The second kappa shape index (κ2) is 6.53. The maximum absolute atomic E-state index is 11.5. The summed E-state index contributed by atoms with van der Waals surface area (Å²) in [7, 11) is 0. The summed E-state index contributed by atoms with van der Waals surface area (Å²) in [5.74, 6) is -1.39. The first-order valence-electron chi connectivity index (χ1n) is 5.60. The van der Waals surface area contributed by atoms with E-state index in [-0.39, 0.29) is 12.3 Å². The Labute approximate surface area is 123 Å². The van der Waals surface area contributed by atoms with Crippen molar-refractivity contribution in [2.75, 3.05) is 0 Å². The number of aliphatic carboxylic acids is 1. The molecule has 0 saturated carbocycles. The standard InChI is InChI=1S/C12H10ClN3O3S/c13-8-3-1-2-7(4-8)6-14-16-12-15-11(19)9(20-12)5-10(17)18/h1-4,6,9H,5H2,(H,17,18)(H,15,16,19)/b14-6-/t9-/m0/s1. The third kappa shape index (κ3) is 4.07. The van der Waals surface area contributed by atoms with E-state index in [1.807, 2.05) is 6.07 Å². The van der Waals surface area contributed by atoms with E-state index in [1.165, 1.54) is 6.21 Å². The van der Waals surface area contributed by atoms with E-state index in [0.29, 0.717) is 10.2 Å². The highest BCUT2D eigenvalue weighted by atomic mass is 35.5. The van der Waals surface area contributed by atoms with Gasteiger partial charge in [-0.3, -0.25) is 9.59 Å². The smallest absolute Gasteiger partial charge is 0.305 e. The maximum Gasteiger partial charge on any atom is 0.305 e. The van der Waals surface area contributed by atoms with E-state index < -0.39 is 11.2 Å². The molecule has 0 aliphatic carbocycles. The predicted molar refractivity (Wildman–Crippen MR) is 78.3 cm³/mol. The number of hydrogen-bond donors (Lipinski definition) is 2. The molecule has 8 heteroatoms. The lowest BCUT2D eigenvalue weighted by atomic mass is 10.2. The molecule has 1 saturated heterocycles. The Morgan fingerprint density at radius 2 is 2.35 bits per heavy atom. The van der Waals surface area contributed by atoms with E-state index in [0.717, 1.165) is 17.3 Å². The van der Waals surface area contributed by atoms with Crippen LogP contribution in [0.3, 0.4) is 0 Å². The van der Waals surface area contributed by atoms with Crippen molar-refractivity contribution in [2.45, 2.75) is 11.7 Å². The van der Waals surface area contributed by atoms with Crippen LogP contribution in [0, 0.1) is 0 Å². The molecule has 6 nitrogen and oxygen atoms in total. The molecule has 0 radical (unpaired) electrons. The zero-order valence-electron chi connectivity index (χ0n) is 10.1. The summed E-state index contributed by atoms with van der Waals surface area (Å²) in [4.78, 5) is 22.0. The average molecular weight is 312 g/mol. The number of nitrogens with zero attached hydrogens (tertiary/aromatic N) is 2. The zero-order chi connectivity index (χ0) is 14.5. The monoisotopic (exact) mass is 311 g/mol. The van der Waals surface area contributed by atoms with Gasteiger partial charge in [0, 0.05) is 5.02 Å². The molecular formula is C12H10ClN3O3S. The molecule has 104 valence electrons. The minimum atomic E-state index is -1.03. The van der Waals surface area contributed by atoms with Gasteiger partial charge in [-0.05, 0) is 17.7 Å². The molecule has 1 aromatic carbocycles. The van der Waals surface area contributed by atoms with Gasteiger partial charge in [0.25, 0.3) is 0 Å². The molecule has 0 bridgehead atoms. The molecule has 2 rings (SSSR count). The van der Waals surface area contributed by atoms with Gasteiger partial charge in [0.05, 0.1) is 12.6 Å². The van der Waals surface area contributed by atoms with E-state index in [2.05, 4.69) is 15.5 Å². The number of halogens is 1.